The molecule has 3 rings (SSSR count). The van der Waals surface area contributed by atoms with Crippen molar-refractivity contribution < 1.29 is 13.6 Å². The van der Waals surface area contributed by atoms with Crippen LogP contribution in [0.25, 0.3) is 16.6 Å². The second kappa shape index (κ2) is 8.63. The Hall–Kier alpha value is -3.25. The van der Waals surface area contributed by atoms with Crippen molar-refractivity contribution >= 4 is 28.6 Å². The Morgan fingerprint density at radius 1 is 1.25 bits per heavy atom. The first-order valence-corrected chi connectivity index (χ1v) is 9.23. The molecule has 1 aromatic heterocycles. The van der Waals surface area contributed by atoms with E-state index in [1.54, 1.807) is 24.3 Å². The second-order valence-electron chi connectivity index (χ2n) is 5.69. The number of halogens is 2. The monoisotopic (exact) mass is 400 g/mol. The molecular weight excluding hydrogens is 386 g/mol. The maximum atomic E-state index is 14.4. The molecule has 3 aromatic rings. The van der Waals surface area contributed by atoms with Gasteiger partial charge in [-0.25, -0.2) is 13.8 Å². The zero-order valence-electron chi connectivity index (χ0n) is 14.5. The first-order valence-electron chi connectivity index (χ1n) is 8.25. The van der Waals surface area contributed by atoms with Gasteiger partial charge in [0.15, 0.2) is 5.16 Å². The number of fused-ring (bicyclic) bond motifs is 1. The first kappa shape index (κ1) is 19.5. The van der Waals surface area contributed by atoms with Crippen LogP contribution in [0.1, 0.15) is 6.42 Å². The Morgan fingerprint density at radius 3 is 2.79 bits per heavy atom. The number of carbonyl (C=O) groups excluding carboxylic acids is 1. The van der Waals surface area contributed by atoms with Crippen LogP contribution < -0.4 is 10.9 Å². The van der Waals surface area contributed by atoms with E-state index in [0.29, 0.717) is 11.6 Å². The van der Waals surface area contributed by atoms with Crippen molar-refractivity contribution in [2.24, 2.45) is 0 Å². The number of rotatable bonds is 6. The molecule has 0 unspecified atom stereocenters. The number of hydrogen-bond donors (Lipinski definition) is 1. The van der Waals surface area contributed by atoms with Gasteiger partial charge in [-0.1, -0.05) is 23.9 Å². The van der Waals surface area contributed by atoms with E-state index in [2.05, 4.69) is 10.3 Å². The van der Waals surface area contributed by atoms with E-state index >= 15 is 0 Å². The Labute approximate surface area is 162 Å². The fraction of sp³-hybridized carbons (Fsp3) is 0.158. The van der Waals surface area contributed by atoms with Crippen LogP contribution in [0.3, 0.4) is 0 Å². The molecular formula is C19H14F2N4O2S. The number of carbonyl (C=O) groups is 1. The van der Waals surface area contributed by atoms with E-state index in [9.17, 15) is 18.4 Å². The summed E-state index contributed by atoms with van der Waals surface area (Å²) in [6, 6.07) is 11.4. The minimum absolute atomic E-state index is 0.0843. The molecule has 0 aliphatic heterocycles. The summed E-state index contributed by atoms with van der Waals surface area (Å²) in [5.74, 6) is -2.12. The topological polar surface area (TPSA) is 87.8 Å². The van der Waals surface area contributed by atoms with Crippen molar-refractivity contribution in [3.05, 3.63) is 64.5 Å². The van der Waals surface area contributed by atoms with Crippen LogP contribution in [0.15, 0.2) is 52.4 Å². The molecule has 0 spiro atoms. The van der Waals surface area contributed by atoms with E-state index in [4.69, 9.17) is 5.26 Å². The lowest BCUT2D eigenvalue weighted by Gasteiger charge is -2.14. The van der Waals surface area contributed by atoms with Crippen molar-refractivity contribution in [3.63, 3.8) is 0 Å². The predicted octanol–water partition coefficient (Wildman–Crippen LogP) is 2.79. The summed E-state index contributed by atoms with van der Waals surface area (Å²) in [5.41, 5.74) is -0.279. The minimum Gasteiger partial charge on any atom is -0.354 e. The van der Waals surface area contributed by atoms with Crippen molar-refractivity contribution in [2.45, 2.75) is 11.6 Å². The maximum Gasteiger partial charge on any atom is 0.266 e. The maximum absolute atomic E-state index is 14.4. The summed E-state index contributed by atoms with van der Waals surface area (Å²) >= 11 is 0.946. The third-order valence-electron chi connectivity index (χ3n) is 3.79. The summed E-state index contributed by atoms with van der Waals surface area (Å²) < 4.78 is 28.7. The summed E-state index contributed by atoms with van der Waals surface area (Å²) in [6.45, 7) is 0.209. The summed E-state index contributed by atoms with van der Waals surface area (Å²) in [6.07, 6.45) is 0.177. The fourth-order valence-corrected chi connectivity index (χ4v) is 3.36. The zero-order chi connectivity index (χ0) is 20.1. The van der Waals surface area contributed by atoms with Crippen LogP contribution in [0.4, 0.5) is 8.78 Å². The van der Waals surface area contributed by atoms with Gasteiger partial charge in [-0.05, 0) is 24.3 Å². The third kappa shape index (κ3) is 4.18. The quantitative estimate of drug-likeness (QED) is 0.391. The van der Waals surface area contributed by atoms with Crippen molar-refractivity contribution in [3.8, 4) is 11.8 Å². The largest absolute Gasteiger partial charge is 0.354 e. The van der Waals surface area contributed by atoms with Gasteiger partial charge < -0.3 is 5.32 Å². The standard InChI is InChI=1S/C19H14F2N4O2S/c20-12-6-7-16(14(21)10-12)25-18(27)13-4-1-2-5-15(13)24-19(25)28-11-17(26)23-9-3-8-22/h1-2,4-7,10H,3,9,11H2,(H,23,26). The summed E-state index contributed by atoms with van der Waals surface area (Å²) in [5, 5.41) is 11.4. The van der Waals surface area contributed by atoms with Gasteiger partial charge in [0.25, 0.3) is 5.56 Å². The normalized spacial score (nSPS) is 10.6. The van der Waals surface area contributed by atoms with Crippen molar-refractivity contribution in [1.82, 2.24) is 14.9 Å². The van der Waals surface area contributed by atoms with Crippen LogP contribution in [0.5, 0.6) is 0 Å². The molecule has 0 radical (unpaired) electrons. The van der Waals surface area contributed by atoms with Crippen molar-refractivity contribution in [1.29, 1.82) is 5.26 Å². The van der Waals surface area contributed by atoms with E-state index in [1.165, 1.54) is 0 Å². The van der Waals surface area contributed by atoms with Gasteiger partial charge in [-0.15, -0.1) is 0 Å². The molecule has 0 atom stereocenters. The van der Waals surface area contributed by atoms with Gasteiger partial charge in [0, 0.05) is 12.6 Å². The van der Waals surface area contributed by atoms with Gasteiger partial charge >= 0.3 is 0 Å². The number of aromatic nitrogens is 2. The molecule has 6 nitrogen and oxygen atoms in total. The number of amides is 1. The van der Waals surface area contributed by atoms with Gasteiger partial charge in [0.2, 0.25) is 5.91 Å². The van der Waals surface area contributed by atoms with Crippen LogP contribution in [0, 0.1) is 23.0 Å². The van der Waals surface area contributed by atoms with Gasteiger partial charge in [0.05, 0.1) is 34.8 Å². The molecule has 1 N–H and O–H groups in total. The zero-order valence-corrected chi connectivity index (χ0v) is 15.3. The molecule has 0 aliphatic carbocycles. The highest BCUT2D eigenvalue weighted by Gasteiger charge is 2.17. The molecule has 0 fully saturated rings. The Balaban J connectivity index is 2.04. The van der Waals surface area contributed by atoms with E-state index in [1.807, 2.05) is 6.07 Å². The van der Waals surface area contributed by atoms with E-state index in [0.717, 1.165) is 28.5 Å². The molecule has 0 aliphatic rings. The van der Waals surface area contributed by atoms with Crippen LogP contribution in [-0.4, -0.2) is 27.8 Å². The highest BCUT2D eigenvalue weighted by molar-refractivity contribution is 7.99. The predicted molar refractivity (Wildman–Crippen MR) is 101 cm³/mol. The minimum atomic E-state index is -0.917. The summed E-state index contributed by atoms with van der Waals surface area (Å²) in [4.78, 5) is 29.3. The van der Waals surface area contributed by atoms with E-state index in [-0.39, 0.29) is 40.9 Å². The lowest BCUT2D eigenvalue weighted by molar-refractivity contribution is -0.118. The SMILES string of the molecule is N#CCCNC(=O)CSc1nc2ccccc2c(=O)n1-c1ccc(F)cc1F. The van der Waals surface area contributed by atoms with Gasteiger partial charge in [-0.2, -0.15) is 5.26 Å². The molecule has 142 valence electrons. The molecule has 28 heavy (non-hydrogen) atoms. The van der Waals surface area contributed by atoms with Crippen LogP contribution in [-0.2, 0) is 4.79 Å². The highest BCUT2D eigenvalue weighted by atomic mass is 32.2. The number of hydrogen-bond acceptors (Lipinski definition) is 5. The summed E-state index contributed by atoms with van der Waals surface area (Å²) in [7, 11) is 0. The Kier molecular flexibility index (Phi) is 6.01. The lowest BCUT2D eigenvalue weighted by atomic mass is 10.2. The highest BCUT2D eigenvalue weighted by Crippen LogP contribution is 2.23. The lowest BCUT2D eigenvalue weighted by Crippen LogP contribution is -2.27. The Bertz CT molecular complexity index is 1140. The molecule has 0 saturated carbocycles. The average molecular weight is 400 g/mol. The number of para-hydroxylation sites is 1. The van der Waals surface area contributed by atoms with Crippen molar-refractivity contribution in [2.75, 3.05) is 12.3 Å². The third-order valence-corrected chi connectivity index (χ3v) is 4.73. The van der Waals surface area contributed by atoms with Crippen LogP contribution >= 0.6 is 11.8 Å². The number of nitrogens with one attached hydrogen (secondary N) is 1. The molecule has 0 saturated heterocycles. The van der Waals surface area contributed by atoms with Gasteiger partial charge in [0.1, 0.15) is 11.6 Å². The second-order valence-corrected chi connectivity index (χ2v) is 6.64. The molecule has 1 heterocycles. The smallest absolute Gasteiger partial charge is 0.266 e. The van der Waals surface area contributed by atoms with E-state index < -0.39 is 17.2 Å². The molecule has 9 heteroatoms. The number of nitriles is 1. The molecule has 2 aromatic carbocycles. The first-order chi connectivity index (χ1) is 13.5. The van der Waals surface area contributed by atoms with Crippen LogP contribution in [0.2, 0.25) is 0 Å². The number of benzene rings is 2. The average Bonchev–Trinajstić information content (AvgIpc) is 2.68. The Morgan fingerprint density at radius 2 is 2.04 bits per heavy atom. The number of thioether (sulfide) groups is 1. The molecule has 0 bridgehead atoms. The number of nitrogens with zero attached hydrogens (tertiary/aromatic N) is 3. The van der Waals surface area contributed by atoms with Gasteiger partial charge in [-0.3, -0.25) is 14.2 Å². The fourth-order valence-electron chi connectivity index (χ4n) is 2.52. The molecule has 1 amide bonds.